The fraction of sp³-hybridized carbons (Fsp3) is 0.182. The van der Waals surface area contributed by atoms with E-state index in [2.05, 4.69) is 61.4 Å². The Morgan fingerprint density at radius 3 is 2.43 bits per heavy atom. The Morgan fingerprint density at radius 1 is 1.14 bits per heavy atom. The van der Waals surface area contributed by atoms with Crippen LogP contribution in [0.4, 0.5) is 0 Å². The minimum absolute atomic E-state index is 0.921. The quantitative estimate of drug-likeness (QED) is 0.717. The number of imidazole rings is 1. The summed E-state index contributed by atoms with van der Waals surface area (Å²) in [6, 6.07) is 10.5. The first-order chi connectivity index (χ1) is 6.77. The number of aryl methyl sites for hydroxylation is 1. The second kappa shape index (κ2) is 3.99. The Morgan fingerprint density at radius 2 is 1.86 bits per heavy atom. The average molecular weight is 251 g/mol. The van der Waals surface area contributed by atoms with E-state index in [9.17, 15) is 0 Å². The standard InChI is InChI=1S/C11H12N2Se/c1-12-7-8-13(11(12)14)9-10-5-3-2-4-6-10/h2-8H,9H2,1H3. The molecule has 2 aromatic rings. The van der Waals surface area contributed by atoms with E-state index in [1.165, 1.54) is 5.56 Å². The van der Waals surface area contributed by atoms with Gasteiger partial charge in [-0.1, -0.05) is 0 Å². The van der Waals surface area contributed by atoms with Gasteiger partial charge in [-0.2, -0.15) is 0 Å². The van der Waals surface area contributed by atoms with Crippen molar-refractivity contribution in [2.75, 3.05) is 0 Å². The molecule has 0 radical (unpaired) electrons. The number of aromatic nitrogens is 2. The molecule has 3 heteroatoms. The number of nitrogens with zero attached hydrogens (tertiary/aromatic N) is 2. The molecule has 0 amide bonds. The van der Waals surface area contributed by atoms with Crippen molar-refractivity contribution in [3.63, 3.8) is 0 Å². The van der Waals surface area contributed by atoms with Crippen LogP contribution in [0.3, 0.4) is 0 Å². The van der Waals surface area contributed by atoms with Crippen molar-refractivity contribution in [3.05, 3.63) is 52.6 Å². The molecule has 0 aliphatic carbocycles. The summed E-state index contributed by atoms with van der Waals surface area (Å²) in [5.74, 6) is 0. The molecule has 0 atom stereocenters. The molecule has 2 rings (SSSR count). The van der Waals surface area contributed by atoms with Crippen molar-refractivity contribution >= 4 is 15.6 Å². The van der Waals surface area contributed by atoms with E-state index in [0.717, 1.165) is 10.9 Å². The Bertz CT molecular complexity index is 468. The average Bonchev–Trinajstić information content (AvgIpc) is 2.52. The molecule has 0 aliphatic heterocycles. The van der Waals surface area contributed by atoms with Gasteiger partial charge in [0.2, 0.25) is 0 Å². The maximum absolute atomic E-state index is 3.07. The van der Waals surface area contributed by atoms with Crippen LogP contribution in [0.15, 0.2) is 42.7 Å². The molecule has 0 N–H and O–H groups in total. The molecule has 2 nitrogen and oxygen atoms in total. The molecule has 0 spiro atoms. The molecular weight excluding hydrogens is 239 g/mol. The van der Waals surface area contributed by atoms with Crippen LogP contribution in [-0.2, 0) is 13.6 Å². The number of rotatable bonds is 2. The molecule has 1 aromatic heterocycles. The van der Waals surface area contributed by atoms with Crippen LogP contribution in [0, 0.1) is 4.32 Å². The Kier molecular flexibility index (Phi) is 2.71. The SMILES string of the molecule is Cn1ccn(Cc2ccccc2)c1=[Se]. The summed E-state index contributed by atoms with van der Waals surface area (Å²) in [7, 11) is 2.04. The van der Waals surface area contributed by atoms with E-state index < -0.39 is 0 Å². The van der Waals surface area contributed by atoms with E-state index in [-0.39, 0.29) is 0 Å². The molecule has 0 aliphatic rings. The summed E-state index contributed by atoms with van der Waals surface area (Å²) in [5.41, 5.74) is 1.32. The van der Waals surface area contributed by atoms with Gasteiger partial charge in [-0.05, 0) is 0 Å². The topological polar surface area (TPSA) is 9.86 Å². The maximum atomic E-state index is 3.07. The van der Waals surface area contributed by atoms with Crippen LogP contribution >= 0.6 is 0 Å². The van der Waals surface area contributed by atoms with Gasteiger partial charge in [0.25, 0.3) is 0 Å². The molecule has 72 valence electrons. The molecule has 0 unspecified atom stereocenters. The molecule has 0 saturated heterocycles. The van der Waals surface area contributed by atoms with Crippen LogP contribution in [0.25, 0.3) is 0 Å². The van der Waals surface area contributed by atoms with Crippen molar-refractivity contribution in [2.45, 2.75) is 6.54 Å². The molecular formula is C11H12N2Se. The first kappa shape index (κ1) is 9.50. The van der Waals surface area contributed by atoms with E-state index >= 15 is 0 Å². The van der Waals surface area contributed by atoms with Crippen LogP contribution in [0.5, 0.6) is 0 Å². The summed E-state index contributed by atoms with van der Waals surface area (Å²) in [6.07, 6.45) is 4.13. The van der Waals surface area contributed by atoms with E-state index in [1.807, 2.05) is 13.1 Å². The summed E-state index contributed by atoms with van der Waals surface area (Å²) < 4.78 is 5.41. The van der Waals surface area contributed by atoms with Crippen molar-refractivity contribution in [1.29, 1.82) is 0 Å². The van der Waals surface area contributed by atoms with Gasteiger partial charge in [0, 0.05) is 0 Å². The first-order valence-electron chi connectivity index (χ1n) is 4.53. The zero-order valence-corrected chi connectivity index (χ0v) is 9.76. The summed E-state index contributed by atoms with van der Waals surface area (Å²) in [6.45, 7) is 0.921. The van der Waals surface area contributed by atoms with Gasteiger partial charge < -0.3 is 0 Å². The third-order valence-corrected chi connectivity index (χ3v) is 3.31. The number of benzene rings is 1. The van der Waals surface area contributed by atoms with Gasteiger partial charge >= 0.3 is 90.9 Å². The van der Waals surface area contributed by atoms with Crippen LogP contribution in [-0.4, -0.2) is 24.7 Å². The summed E-state index contributed by atoms with van der Waals surface area (Å²) in [5, 5.41) is 0. The second-order valence-electron chi connectivity index (χ2n) is 3.31. The minimum atomic E-state index is 0.921. The monoisotopic (exact) mass is 252 g/mol. The first-order valence-corrected chi connectivity index (χ1v) is 5.39. The van der Waals surface area contributed by atoms with Crippen molar-refractivity contribution in [3.8, 4) is 0 Å². The predicted molar refractivity (Wildman–Crippen MR) is 57.9 cm³/mol. The van der Waals surface area contributed by atoms with Crippen LogP contribution in [0.2, 0.25) is 0 Å². The Hall–Kier alpha value is -1.05. The zero-order chi connectivity index (χ0) is 9.97. The van der Waals surface area contributed by atoms with E-state index in [0.29, 0.717) is 0 Å². The fourth-order valence-corrected chi connectivity index (χ4v) is 1.80. The Balaban J connectivity index is 2.28. The number of hydrogen-bond acceptors (Lipinski definition) is 0. The molecule has 14 heavy (non-hydrogen) atoms. The van der Waals surface area contributed by atoms with Gasteiger partial charge in [-0.3, -0.25) is 0 Å². The second-order valence-corrected chi connectivity index (χ2v) is 4.07. The van der Waals surface area contributed by atoms with Gasteiger partial charge in [0.1, 0.15) is 0 Å². The number of hydrogen-bond donors (Lipinski definition) is 0. The Labute approximate surface area is 91.2 Å². The fourth-order valence-electron chi connectivity index (χ4n) is 1.41. The summed E-state index contributed by atoms with van der Waals surface area (Å²) in [4.78, 5) is 0. The predicted octanol–water partition coefficient (Wildman–Crippen LogP) is 1.58. The molecule has 0 fully saturated rings. The van der Waals surface area contributed by atoms with Crippen molar-refractivity contribution in [1.82, 2.24) is 9.13 Å². The van der Waals surface area contributed by atoms with Gasteiger partial charge in [0.15, 0.2) is 0 Å². The molecule has 1 aromatic carbocycles. The molecule has 0 bridgehead atoms. The zero-order valence-electron chi connectivity index (χ0n) is 8.05. The van der Waals surface area contributed by atoms with Gasteiger partial charge in [-0.25, -0.2) is 0 Å². The summed E-state index contributed by atoms with van der Waals surface area (Å²) >= 11 is 3.07. The normalized spacial score (nSPS) is 10.4. The van der Waals surface area contributed by atoms with Crippen molar-refractivity contribution < 1.29 is 0 Å². The van der Waals surface area contributed by atoms with Gasteiger partial charge in [-0.15, -0.1) is 0 Å². The van der Waals surface area contributed by atoms with Crippen LogP contribution in [0.1, 0.15) is 5.56 Å². The van der Waals surface area contributed by atoms with Crippen molar-refractivity contribution in [2.24, 2.45) is 7.05 Å². The van der Waals surface area contributed by atoms with Crippen LogP contribution < -0.4 is 0 Å². The van der Waals surface area contributed by atoms with E-state index in [4.69, 9.17) is 0 Å². The van der Waals surface area contributed by atoms with E-state index in [1.54, 1.807) is 0 Å². The third-order valence-electron chi connectivity index (χ3n) is 2.21. The molecule has 1 heterocycles. The molecule has 0 saturated carbocycles. The van der Waals surface area contributed by atoms with Gasteiger partial charge in [0.05, 0.1) is 0 Å². The third kappa shape index (κ3) is 1.89.